The lowest BCUT2D eigenvalue weighted by atomic mass is 10.0. The van der Waals surface area contributed by atoms with Crippen LogP contribution < -0.4 is 21.7 Å². The van der Waals surface area contributed by atoms with E-state index < -0.39 is 0 Å². The molecule has 6 heteroatoms. The Morgan fingerprint density at radius 1 is 0.717 bits per heavy atom. The van der Waals surface area contributed by atoms with Gasteiger partial charge in [0, 0.05) is 56.0 Å². The molecule has 53 heavy (non-hydrogen) atoms. The summed E-state index contributed by atoms with van der Waals surface area (Å²) < 4.78 is 2.33. The molecule has 6 aromatic carbocycles. The van der Waals surface area contributed by atoms with Gasteiger partial charge in [-0.1, -0.05) is 79.4 Å². The molecule has 0 aliphatic carbocycles. The van der Waals surface area contributed by atoms with Gasteiger partial charge in [-0.3, -0.25) is 5.41 Å². The number of rotatable bonds is 10. The number of benzene rings is 6. The minimum Gasteiger partial charge on any atom is -0.405 e. The number of nitrogens with two attached hydrogens (primary N) is 2. The second-order valence-electron chi connectivity index (χ2n) is 12.3. The lowest BCUT2D eigenvalue weighted by molar-refractivity contribution is 1.18. The number of fused-ring (bicyclic) bond motifs is 3. The van der Waals surface area contributed by atoms with Gasteiger partial charge in [0.1, 0.15) is 5.84 Å². The summed E-state index contributed by atoms with van der Waals surface area (Å²) in [4.78, 5) is 2.23. The van der Waals surface area contributed by atoms with Crippen LogP contribution in [0, 0.1) is 5.41 Å². The van der Waals surface area contributed by atoms with Crippen LogP contribution in [0.2, 0.25) is 0 Å². The van der Waals surface area contributed by atoms with Gasteiger partial charge in [-0.15, -0.1) is 6.58 Å². The summed E-state index contributed by atoms with van der Waals surface area (Å²) >= 11 is 0. The molecule has 1 heterocycles. The summed E-state index contributed by atoms with van der Waals surface area (Å²) in [6.45, 7) is 11.5. The van der Waals surface area contributed by atoms with Crippen LogP contribution in [-0.4, -0.2) is 10.4 Å². The van der Waals surface area contributed by atoms with E-state index in [1.54, 1.807) is 12.3 Å². The second kappa shape index (κ2) is 16.3. The molecule has 0 radical (unpaired) electrons. The van der Waals surface area contributed by atoms with E-state index in [2.05, 4.69) is 119 Å². The quantitative estimate of drug-likeness (QED) is 0.0496. The highest BCUT2D eigenvalue weighted by Gasteiger charge is 2.20. The Morgan fingerprint density at radius 2 is 1.30 bits per heavy atom. The summed E-state index contributed by atoms with van der Waals surface area (Å²) in [6.07, 6.45) is 9.20. The molecule has 0 fully saturated rings. The Hall–Kier alpha value is -7.05. The number of amidine groups is 1. The van der Waals surface area contributed by atoms with Gasteiger partial charge in [-0.05, 0) is 122 Å². The van der Waals surface area contributed by atoms with E-state index in [1.807, 2.05) is 80.6 Å². The zero-order valence-corrected chi connectivity index (χ0v) is 30.1. The van der Waals surface area contributed by atoms with Crippen molar-refractivity contribution in [2.75, 3.05) is 10.2 Å². The maximum atomic E-state index is 7.94. The largest absolute Gasteiger partial charge is 0.405 e. The molecule has 7 aromatic rings. The molecule has 6 nitrogen and oxygen atoms in total. The molecule has 0 unspecified atom stereocenters. The van der Waals surface area contributed by atoms with Crippen molar-refractivity contribution in [1.82, 2.24) is 4.57 Å². The standard InChI is InChI=1S/C44H38N6.C3H6/c1-3-30(27-28-45)31-15-19-35(20-16-31)49(36-21-17-32(18-22-36)44(46)47)37-23-26-42-40(29-37)39-24-25-41(48-33-11-7-5-8-12-33)38(4-2)43(39)50(42)34-13-9-6-10-14-34;1-3-2/h3-29,48H,2,45H2,1H3,(H3,46,47);3H,1H2,2H3/b28-27-,30-3+;. The van der Waals surface area contributed by atoms with Crippen LogP contribution in [-0.2, 0) is 0 Å². The van der Waals surface area contributed by atoms with Crippen LogP contribution in [0.15, 0.2) is 177 Å². The molecule has 0 amide bonds. The Kier molecular flexibility index (Phi) is 11.0. The molecule has 0 saturated carbocycles. The minimum absolute atomic E-state index is 0.0357. The molecule has 0 spiro atoms. The fraction of sp³-hybridized carbons (Fsp3) is 0.0426. The molecule has 1 aromatic heterocycles. The molecule has 0 atom stereocenters. The van der Waals surface area contributed by atoms with Crippen molar-refractivity contribution in [3.8, 4) is 5.69 Å². The number of aromatic nitrogens is 1. The Bertz CT molecular complexity index is 2440. The average Bonchev–Trinajstić information content (AvgIpc) is 3.52. The van der Waals surface area contributed by atoms with E-state index in [0.29, 0.717) is 5.56 Å². The topological polar surface area (TPSA) is 96.1 Å². The first kappa shape index (κ1) is 35.8. The summed E-state index contributed by atoms with van der Waals surface area (Å²) in [5.41, 5.74) is 23.5. The molecular weight excluding hydrogens is 649 g/mol. The van der Waals surface area contributed by atoms with Gasteiger partial charge in [-0.25, -0.2) is 0 Å². The van der Waals surface area contributed by atoms with E-state index in [-0.39, 0.29) is 5.84 Å². The first-order valence-corrected chi connectivity index (χ1v) is 17.5. The van der Waals surface area contributed by atoms with Crippen molar-refractivity contribution >= 4 is 67.7 Å². The SMILES string of the molecule is C=CC.C=Cc1c(Nc2ccccc2)ccc2c3cc(N(c4ccc(C(=N)N)cc4)c4ccc(C(/C=C\N)=C/C)cc4)ccc3n(-c3ccccc3)c12. The van der Waals surface area contributed by atoms with E-state index in [0.717, 1.165) is 72.6 Å². The zero-order valence-electron chi connectivity index (χ0n) is 30.1. The van der Waals surface area contributed by atoms with E-state index in [4.69, 9.17) is 16.9 Å². The number of hydrogen-bond acceptors (Lipinski definition) is 4. The lowest BCUT2D eigenvalue weighted by Gasteiger charge is -2.26. The molecule has 7 rings (SSSR count). The highest BCUT2D eigenvalue weighted by Crippen LogP contribution is 2.42. The summed E-state index contributed by atoms with van der Waals surface area (Å²) in [6, 6.07) is 47.9. The third kappa shape index (κ3) is 7.39. The third-order valence-corrected chi connectivity index (χ3v) is 8.96. The van der Waals surface area contributed by atoms with Crippen molar-refractivity contribution in [2.45, 2.75) is 13.8 Å². The van der Waals surface area contributed by atoms with E-state index in [1.165, 1.54) is 0 Å². The van der Waals surface area contributed by atoms with Gasteiger partial charge in [0.2, 0.25) is 0 Å². The predicted molar refractivity (Wildman–Crippen MR) is 229 cm³/mol. The van der Waals surface area contributed by atoms with E-state index in [9.17, 15) is 0 Å². The normalized spacial score (nSPS) is 11.2. The number of nitrogens with one attached hydrogen (secondary N) is 2. The van der Waals surface area contributed by atoms with Crippen molar-refractivity contribution < 1.29 is 0 Å². The maximum absolute atomic E-state index is 7.94. The van der Waals surface area contributed by atoms with Crippen LogP contribution in [0.3, 0.4) is 0 Å². The first-order valence-electron chi connectivity index (χ1n) is 17.5. The lowest BCUT2D eigenvalue weighted by Crippen LogP contribution is -2.13. The summed E-state index contributed by atoms with van der Waals surface area (Å²) in [5.74, 6) is 0.0357. The number of hydrogen-bond donors (Lipinski definition) is 4. The highest BCUT2D eigenvalue weighted by atomic mass is 15.1. The Balaban J connectivity index is 0.00000155. The number of nitrogen functional groups attached to an aromatic ring is 1. The summed E-state index contributed by atoms with van der Waals surface area (Å²) in [5, 5.41) is 13.8. The number of para-hydroxylation sites is 2. The van der Waals surface area contributed by atoms with Crippen molar-refractivity contribution in [1.29, 1.82) is 5.41 Å². The maximum Gasteiger partial charge on any atom is 0.122 e. The van der Waals surface area contributed by atoms with Crippen molar-refractivity contribution in [3.05, 3.63) is 194 Å². The van der Waals surface area contributed by atoms with Crippen LogP contribution in [0.25, 0.3) is 39.1 Å². The van der Waals surface area contributed by atoms with Gasteiger partial charge >= 0.3 is 0 Å². The fourth-order valence-electron chi connectivity index (χ4n) is 6.60. The van der Waals surface area contributed by atoms with Gasteiger partial charge in [0.15, 0.2) is 0 Å². The predicted octanol–water partition coefficient (Wildman–Crippen LogP) is 12.0. The average molecular weight is 693 g/mol. The molecular formula is C47H44N6. The van der Waals surface area contributed by atoms with Crippen LogP contribution in [0.4, 0.5) is 28.4 Å². The van der Waals surface area contributed by atoms with Gasteiger partial charge in [0.25, 0.3) is 0 Å². The van der Waals surface area contributed by atoms with Crippen LogP contribution >= 0.6 is 0 Å². The molecule has 0 aliphatic heterocycles. The molecule has 0 bridgehead atoms. The van der Waals surface area contributed by atoms with Crippen LogP contribution in [0.5, 0.6) is 0 Å². The van der Waals surface area contributed by atoms with Gasteiger partial charge < -0.3 is 26.3 Å². The van der Waals surface area contributed by atoms with Crippen LogP contribution in [0.1, 0.15) is 30.5 Å². The molecule has 262 valence electrons. The number of anilines is 5. The molecule has 0 saturated heterocycles. The summed E-state index contributed by atoms with van der Waals surface area (Å²) in [7, 11) is 0. The zero-order chi connectivity index (χ0) is 37.3. The first-order chi connectivity index (χ1) is 25.9. The van der Waals surface area contributed by atoms with Crippen molar-refractivity contribution in [3.63, 3.8) is 0 Å². The van der Waals surface area contributed by atoms with Gasteiger partial charge in [0.05, 0.1) is 11.0 Å². The number of allylic oxidation sites excluding steroid dienone is 4. The Labute approximate surface area is 311 Å². The Morgan fingerprint density at radius 3 is 1.87 bits per heavy atom. The van der Waals surface area contributed by atoms with E-state index >= 15 is 0 Å². The molecule has 6 N–H and O–H groups in total. The monoisotopic (exact) mass is 692 g/mol. The van der Waals surface area contributed by atoms with Gasteiger partial charge in [-0.2, -0.15) is 0 Å². The highest BCUT2D eigenvalue weighted by molar-refractivity contribution is 6.14. The fourth-order valence-corrected chi connectivity index (χ4v) is 6.60. The molecule has 0 aliphatic rings. The van der Waals surface area contributed by atoms with Crippen molar-refractivity contribution in [2.24, 2.45) is 11.5 Å². The third-order valence-electron chi connectivity index (χ3n) is 8.96. The second-order valence-corrected chi connectivity index (χ2v) is 12.3. The number of nitrogens with zero attached hydrogens (tertiary/aromatic N) is 2. The smallest absolute Gasteiger partial charge is 0.122 e. The minimum atomic E-state index is 0.0357.